The van der Waals surface area contributed by atoms with Crippen LogP contribution in [-0.4, -0.2) is 24.0 Å². The quantitative estimate of drug-likeness (QED) is 0.783. The summed E-state index contributed by atoms with van der Waals surface area (Å²) in [5, 5.41) is 3.58. The highest BCUT2D eigenvalue weighted by molar-refractivity contribution is 7.15. The first-order valence-electron chi connectivity index (χ1n) is 6.22. The summed E-state index contributed by atoms with van der Waals surface area (Å²) in [5.41, 5.74) is 5.88. The summed E-state index contributed by atoms with van der Waals surface area (Å²) in [5.74, 6) is 0.554. The van der Waals surface area contributed by atoms with Crippen molar-refractivity contribution in [3.8, 4) is 10.8 Å². The summed E-state index contributed by atoms with van der Waals surface area (Å²) < 4.78 is 5.28. The van der Waals surface area contributed by atoms with Crippen LogP contribution in [0.15, 0.2) is 22.8 Å². The van der Waals surface area contributed by atoms with E-state index in [9.17, 15) is 4.79 Å². The van der Waals surface area contributed by atoms with Gasteiger partial charge in [-0.2, -0.15) is 0 Å². The molecular weight excluding hydrogens is 333 g/mol. The van der Waals surface area contributed by atoms with Gasteiger partial charge < -0.3 is 15.5 Å². The number of hydrogen-bond donors (Lipinski definition) is 2. The minimum Gasteiger partial charge on any atom is -0.462 e. The van der Waals surface area contributed by atoms with Crippen molar-refractivity contribution in [3.05, 3.63) is 29.0 Å². The van der Waals surface area contributed by atoms with Gasteiger partial charge in [-0.1, -0.05) is 0 Å². The average Bonchev–Trinajstić information content (AvgIpc) is 3.03. The maximum atomic E-state index is 12.0. The number of furan rings is 1. The van der Waals surface area contributed by atoms with E-state index in [1.807, 2.05) is 13.0 Å². The molecule has 0 bridgehead atoms. The fourth-order valence-corrected chi connectivity index (χ4v) is 2.55. The minimum absolute atomic E-state index is 0. The number of carbonyl (C=O) groups excluding carboxylic acids is 1. The topological polar surface area (TPSA) is 81.2 Å². The zero-order chi connectivity index (χ0) is 13.7. The Kier molecular flexibility index (Phi) is 9.28. The maximum absolute atomic E-state index is 12.0. The van der Waals surface area contributed by atoms with Crippen LogP contribution in [0.1, 0.15) is 28.2 Å². The lowest BCUT2D eigenvalue weighted by Crippen LogP contribution is -2.25. The van der Waals surface area contributed by atoms with Crippen LogP contribution in [0.5, 0.6) is 0 Å². The second kappa shape index (κ2) is 9.78. The Morgan fingerprint density at radius 1 is 1.43 bits per heavy atom. The molecule has 5 nitrogen and oxygen atoms in total. The zero-order valence-electron chi connectivity index (χ0n) is 11.6. The molecule has 0 radical (unpaired) electrons. The van der Waals surface area contributed by atoms with Gasteiger partial charge in [0.25, 0.3) is 5.91 Å². The minimum atomic E-state index is -0.136. The number of nitrogens with zero attached hydrogens (tertiary/aromatic N) is 1. The molecule has 2 heterocycles. The number of carbonyl (C=O) groups is 1. The number of aromatic nitrogens is 1. The predicted molar refractivity (Wildman–Crippen MR) is 89.7 cm³/mol. The fourth-order valence-electron chi connectivity index (χ4n) is 1.67. The predicted octanol–water partition coefficient (Wildman–Crippen LogP) is 3.02. The molecule has 0 aliphatic carbocycles. The van der Waals surface area contributed by atoms with Crippen molar-refractivity contribution in [1.29, 1.82) is 0 Å². The standard InChI is InChI=1S/C13H17N3O2S.2ClH/c1-9-11(12(17)15-7-3-2-6-14)16-13(19-9)10-5-4-8-18-10;;/h4-5,8H,2-3,6-7,14H2,1H3,(H,15,17);2*1H. The number of nitrogens with one attached hydrogen (secondary N) is 1. The fraction of sp³-hybridized carbons (Fsp3) is 0.385. The summed E-state index contributed by atoms with van der Waals surface area (Å²) in [6.45, 7) is 3.16. The number of halogens is 2. The molecule has 2 aromatic heterocycles. The van der Waals surface area contributed by atoms with Gasteiger partial charge in [-0.05, 0) is 38.4 Å². The first-order valence-corrected chi connectivity index (χ1v) is 7.03. The average molecular weight is 352 g/mol. The molecule has 0 saturated heterocycles. The number of hydrogen-bond acceptors (Lipinski definition) is 5. The van der Waals surface area contributed by atoms with E-state index in [-0.39, 0.29) is 30.7 Å². The Bertz CT molecular complexity index is 544. The van der Waals surface area contributed by atoms with Crippen molar-refractivity contribution in [2.45, 2.75) is 19.8 Å². The number of rotatable bonds is 6. The van der Waals surface area contributed by atoms with E-state index in [1.54, 1.807) is 12.3 Å². The molecule has 118 valence electrons. The number of aryl methyl sites for hydroxylation is 1. The Balaban J connectivity index is 0.00000200. The lowest BCUT2D eigenvalue weighted by Gasteiger charge is -2.02. The summed E-state index contributed by atoms with van der Waals surface area (Å²) in [6.07, 6.45) is 3.39. The van der Waals surface area contributed by atoms with Crippen LogP contribution in [0.25, 0.3) is 10.8 Å². The number of unbranched alkanes of at least 4 members (excludes halogenated alkanes) is 1. The highest BCUT2D eigenvalue weighted by atomic mass is 35.5. The van der Waals surface area contributed by atoms with Gasteiger partial charge in [0.05, 0.1) is 6.26 Å². The monoisotopic (exact) mass is 351 g/mol. The normalized spacial score (nSPS) is 9.62. The van der Waals surface area contributed by atoms with Crippen molar-refractivity contribution in [1.82, 2.24) is 10.3 Å². The molecule has 0 aliphatic heterocycles. The molecule has 8 heteroatoms. The second-order valence-electron chi connectivity index (χ2n) is 4.15. The van der Waals surface area contributed by atoms with Crippen molar-refractivity contribution in [2.24, 2.45) is 5.73 Å². The third kappa shape index (κ3) is 5.32. The molecule has 0 aliphatic rings. The van der Waals surface area contributed by atoms with Crippen molar-refractivity contribution < 1.29 is 9.21 Å². The number of nitrogens with two attached hydrogens (primary N) is 1. The van der Waals surface area contributed by atoms with Gasteiger partial charge in [-0.25, -0.2) is 4.98 Å². The van der Waals surface area contributed by atoms with Crippen LogP contribution in [0, 0.1) is 6.92 Å². The van der Waals surface area contributed by atoms with Gasteiger partial charge in [0, 0.05) is 11.4 Å². The lowest BCUT2D eigenvalue weighted by atomic mass is 10.3. The molecule has 2 aromatic rings. The Morgan fingerprint density at radius 3 is 2.81 bits per heavy atom. The van der Waals surface area contributed by atoms with Crippen LogP contribution in [0.4, 0.5) is 0 Å². The largest absolute Gasteiger partial charge is 0.462 e. The van der Waals surface area contributed by atoms with Gasteiger partial charge in [-0.15, -0.1) is 36.2 Å². The molecule has 3 N–H and O–H groups in total. The molecule has 21 heavy (non-hydrogen) atoms. The first-order chi connectivity index (χ1) is 9.22. The molecule has 1 amide bonds. The first kappa shape index (κ1) is 19.9. The third-order valence-corrected chi connectivity index (χ3v) is 3.65. The van der Waals surface area contributed by atoms with Crippen LogP contribution in [-0.2, 0) is 0 Å². The molecule has 0 saturated carbocycles. The second-order valence-corrected chi connectivity index (χ2v) is 5.36. The van der Waals surface area contributed by atoms with E-state index < -0.39 is 0 Å². The van der Waals surface area contributed by atoms with E-state index in [0.29, 0.717) is 24.5 Å². The Hall–Kier alpha value is -1.08. The Morgan fingerprint density at radius 2 is 2.19 bits per heavy atom. The van der Waals surface area contributed by atoms with Crippen LogP contribution in [0.3, 0.4) is 0 Å². The summed E-state index contributed by atoms with van der Waals surface area (Å²) in [4.78, 5) is 17.2. The molecule has 0 fully saturated rings. The molecular formula is C13H19Cl2N3O2S. The highest BCUT2D eigenvalue weighted by Gasteiger charge is 2.16. The summed E-state index contributed by atoms with van der Waals surface area (Å²) in [6, 6.07) is 3.64. The van der Waals surface area contributed by atoms with Gasteiger partial charge in [0.1, 0.15) is 5.69 Å². The van der Waals surface area contributed by atoms with E-state index in [4.69, 9.17) is 10.2 Å². The van der Waals surface area contributed by atoms with Gasteiger partial charge >= 0.3 is 0 Å². The van der Waals surface area contributed by atoms with Crippen LogP contribution < -0.4 is 11.1 Å². The smallest absolute Gasteiger partial charge is 0.271 e. The van der Waals surface area contributed by atoms with Gasteiger partial charge in [-0.3, -0.25) is 4.79 Å². The number of amides is 1. The number of thiazole rings is 1. The zero-order valence-corrected chi connectivity index (χ0v) is 14.1. The lowest BCUT2D eigenvalue weighted by molar-refractivity contribution is 0.0948. The molecule has 0 aromatic carbocycles. The third-order valence-electron chi connectivity index (χ3n) is 2.66. The van der Waals surface area contributed by atoms with Crippen molar-refractivity contribution in [2.75, 3.05) is 13.1 Å². The summed E-state index contributed by atoms with van der Waals surface area (Å²) in [7, 11) is 0. The van der Waals surface area contributed by atoms with Gasteiger partial charge in [0.15, 0.2) is 10.8 Å². The van der Waals surface area contributed by atoms with E-state index in [0.717, 1.165) is 22.7 Å². The van der Waals surface area contributed by atoms with Crippen molar-refractivity contribution in [3.63, 3.8) is 0 Å². The van der Waals surface area contributed by atoms with Crippen LogP contribution in [0.2, 0.25) is 0 Å². The van der Waals surface area contributed by atoms with E-state index in [1.165, 1.54) is 11.3 Å². The maximum Gasteiger partial charge on any atom is 0.271 e. The van der Waals surface area contributed by atoms with E-state index >= 15 is 0 Å². The molecule has 0 spiro atoms. The van der Waals surface area contributed by atoms with Crippen molar-refractivity contribution >= 4 is 42.1 Å². The molecule has 0 unspecified atom stereocenters. The van der Waals surface area contributed by atoms with E-state index in [2.05, 4.69) is 10.3 Å². The SMILES string of the molecule is Cc1sc(-c2ccco2)nc1C(=O)NCCCCN.Cl.Cl. The highest BCUT2D eigenvalue weighted by Crippen LogP contribution is 2.27. The Labute approximate surface area is 140 Å². The summed E-state index contributed by atoms with van der Waals surface area (Å²) >= 11 is 1.46. The van der Waals surface area contributed by atoms with Gasteiger partial charge in [0.2, 0.25) is 0 Å². The van der Waals surface area contributed by atoms with Crippen LogP contribution >= 0.6 is 36.2 Å². The molecule has 0 atom stereocenters. The molecule has 2 rings (SSSR count).